The molecule has 1 aromatic heterocycles. The smallest absolute Gasteiger partial charge is 0.269 e. The number of amides is 1. The minimum Gasteiger partial charge on any atom is -0.386 e. The Balaban J connectivity index is 1.32. The van der Waals surface area contributed by atoms with Crippen molar-refractivity contribution in [2.24, 2.45) is 5.16 Å². The van der Waals surface area contributed by atoms with Gasteiger partial charge in [-0.3, -0.25) is 4.79 Å². The van der Waals surface area contributed by atoms with Gasteiger partial charge in [0.15, 0.2) is 5.60 Å². The number of nitrogens with zero attached hydrogens (tertiary/aromatic N) is 4. The molecule has 8 heteroatoms. The van der Waals surface area contributed by atoms with Crippen LogP contribution in [0.15, 0.2) is 41.8 Å². The highest BCUT2D eigenvalue weighted by Gasteiger charge is 2.47. The topological polar surface area (TPSA) is 79.7 Å². The molecule has 2 aliphatic rings. The van der Waals surface area contributed by atoms with Gasteiger partial charge < -0.3 is 15.1 Å². The lowest BCUT2D eigenvalue weighted by Crippen LogP contribution is -2.37. The Morgan fingerprint density at radius 1 is 1.25 bits per heavy atom. The van der Waals surface area contributed by atoms with E-state index in [1.807, 2.05) is 12.4 Å². The van der Waals surface area contributed by atoms with Crippen molar-refractivity contribution in [1.29, 1.82) is 0 Å². The molecule has 0 saturated carbocycles. The van der Waals surface area contributed by atoms with Crippen molar-refractivity contribution in [1.82, 2.24) is 15.3 Å². The lowest BCUT2D eigenvalue weighted by Gasteiger charge is -2.21. The molecule has 1 saturated heterocycles. The second kappa shape index (κ2) is 7.53. The number of benzene rings is 1. The maximum atomic E-state index is 13.0. The molecule has 28 heavy (non-hydrogen) atoms. The summed E-state index contributed by atoms with van der Waals surface area (Å²) in [5.41, 5.74) is 1.79. The predicted octanol–water partition coefficient (Wildman–Crippen LogP) is 2.22. The standard InChI is InChI=1S/C20H22FN5O2/c1-2-14-10-23-19(24-11-14)26-8-7-20(13-26)9-17(25-28-20)18(27)22-12-15-3-5-16(21)6-4-15/h3-6,10-11H,2,7-9,12-13H2,1H3,(H,22,27)/t20-/m1/s1. The minimum atomic E-state index is -0.505. The molecular weight excluding hydrogens is 361 g/mol. The van der Waals surface area contributed by atoms with Crippen molar-refractivity contribution >= 4 is 17.6 Å². The summed E-state index contributed by atoms with van der Waals surface area (Å²) >= 11 is 0. The number of nitrogens with one attached hydrogen (secondary N) is 1. The molecule has 1 fully saturated rings. The van der Waals surface area contributed by atoms with Crippen LogP contribution in [-0.2, 0) is 22.6 Å². The van der Waals surface area contributed by atoms with E-state index in [1.54, 1.807) is 12.1 Å². The molecule has 2 aliphatic heterocycles. The van der Waals surface area contributed by atoms with Crippen molar-refractivity contribution in [2.45, 2.75) is 38.3 Å². The third-order valence-corrected chi connectivity index (χ3v) is 5.17. The summed E-state index contributed by atoms with van der Waals surface area (Å²) in [6.45, 7) is 3.73. The summed E-state index contributed by atoms with van der Waals surface area (Å²) in [4.78, 5) is 29.0. The average Bonchev–Trinajstić information content (AvgIpc) is 3.34. The van der Waals surface area contributed by atoms with Gasteiger partial charge in [-0.05, 0) is 29.7 Å². The van der Waals surface area contributed by atoms with Crippen LogP contribution < -0.4 is 10.2 Å². The van der Waals surface area contributed by atoms with Crippen LogP contribution in [0.25, 0.3) is 0 Å². The van der Waals surface area contributed by atoms with Crippen molar-refractivity contribution in [3.63, 3.8) is 0 Å². The highest BCUT2D eigenvalue weighted by Crippen LogP contribution is 2.35. The zero-order chi connectivity index (χ0) is 19.6. The lowest BCUT2D eigenvalue weighted by molar-refractivity contribution is -0.115. The Kier molecular flexibility index (Phi) is 4.93. The summed E-state index contributed by atoms with van der Waals surface area (Å²) in [5.74, 6) is 0.111. The van der Waals surface area contributed by atoms with Gasteiger partial charge in [-0.25, -0.2) is 14.4 Å². The normalized spacial score (nSPS) is 20.9. The Bertz CT molecular complexity index is 884. The summed E-state index contributed by atoms with van der Waals surface area (Å²) in [6.07, 6.45) is 5.79. The number of carbonyl (C=O) groups excluding carboxylic acids is 1. The van der Waals surface area contributed by atoms with Crippen LogP contribution in [-0.4, -0.2) is 40.3 Å². The van der Waals surface area contributed by atoms with Crippen molar-refractivity contribution < 1.29 is 14.0 Å². The molecule has 7 nitrogen and oxygen atoms in total. The lowest BCUT2D eigenvalue weighted by atomic mass is 9.96. The molecule has 0 unspecified atom stereocenters. The number of carbonyl (C=O) groups is 1. The molecule has 4 rings (SSSR count). The zero-order valence-electron chi connectivity index (χ0n) is 15.7. The Labute approximate surface area is 162 Å². The van der Waals surface area contributed by atoms with Crippen LogP contribution in [0, 0.1) is 5.82 Å². The number of halogens is 1. The van der Waals surface area contributed by atoms with E-state index in [9.17, 15) is 9.18 Å². The van der Waals surface area contributed by atoms with Gasteiger partial charge in [-0.15, -0.1) is 0 Å². The number of oxime groups is 1. The van der Waals surface area contributed by atoms with Crippen molar-refractivity contribution in [3.8, 4) is 0 Å². The maximum absolute atomic E-state index is 13.0. The molecule has 0 radical (unpaired) electrons. The van der Waals surface area contributed by atoms with Gasteiger partial charge in [0.25, 0.3) is 5.91 Å². The van der Waals surface area contributed by atoms with E-state index >= 15 is 0 Å². The van der Waals surface area contributed by atoms with Gasteiger partial charge in [0.1, 0.15) is 11.5 Å². The highest BCUT2D eigenvalue weighted by atomic mass is 19.1. The SMILES string of the molecule is CCc1cnc(N2CC[C@@]3(CC(C(=O)NCc4ccc(F)cc4)=NO3)C2)nc1. The van der Waals surface area contributed by atoms with E-state index in [1.165, 1.54) is 12.1 Å². The van der Waals surface area contributed by atoms with Crippen molar-refractivity contribution in [2.75, 3.05) is 18.0 Å². The predicted molar refractivity (Wildman–Crippen MR) is 102 cm³/mol. The Morgan fingerprint density at radius 2 is 2.00 bits per heavy atom. The number of aromatic nitrogens is 2. The second-order valence-electron chi connectivity index (χ2n) is 7.21. The molecule has 2 aromatic rings. The Morgan fingerprint density at radius 3 is 2.71 bits per heavy atom. The van der Waals surface area contributed by atoms with Gasteiger partial charge in [-0.1, -0.05) is 24.2 Å². The monoisotopic (exact) mass is 383 g/mol. The molecule has 1 aromatic carbocycles. The third kappa shape index (κ3) is 3.81. The quantitative estimate of drug-likeness (QED) is 0.856. The van der Waals surface area contributed by atoms with E-state index in [2.05, 4.69) is 32.3 Å². The first-order chi connectivity index (χ1) is 13.6. The molecule has 146 valence electrons. The number of hydrogen-bond donors (Lipinski definition) is 1. The van der Waals surface area contributed by atoms with Gasteiger partial charge in [0.05, 0.1) is 6.54 Å². The van der Waals surface area contributed by atoms with Crippen LogP contribution in [0.3, 0.4) is 0 Å². The molecule has 0 aliphatic carbocycles. The van der Waals surface area contributed by atoms with E-state index in [0.29, 0.717) is 31.2 Å². The fourth-order valence-electron chi connectivity index (χ4n) is 3.46. The largest absolute Gasteiger partial charge is 0.386 e. The van der Waals surface area contributed by atoms with Gasteiger partial charge >= 0.3 is 0 Å². The first-order valence-electron chi connectivity index (χ1n) is 9.40. The second-order valence-corrected chi connectivity index (χ2v) is 7.21. The molecule has 1 atom stereocenters. The summed E-state index contributed by atoms with van der Waals surface area (Å²) in [5, 5.41) is 6.84. The number of rotatable bonds is 5. The van der Waals surface area contributed by atoms with Gasteiger partial charge in [-0.2, -0.15) is 0 Å². The van der Waals surface area contributed by atoms with E-state index < -0.39 is 5.60 Å². The molecular formula is C20H22FN5O2. The molecule has 3 heterocycles. The van der Waals surface area contributed by atoms with Crippen LogP contribution in [0.4, 0.5) is 10.3 Å². The van der Waals surface area contributed by atoms with E-state index in [0.717, 1.165) is 30.5 Å². The Hall–Kier alpha value is -3.03. The first-order valence-corrected chi connectivity index (χ1v) is 9.40. The number of hydrogen-bond acceptors (Lipinski definition) is 6. The third-order valence-electron chi connectivity index (χ3n) is 5.17. The fraction of sp³-hybridized carbons (Fsp3) is 0.400. The molecule has 1 spiro atoms. The molecule has 1 amide bonds. The fourth-order valence-corrected chi connectivity index (χ4v) is 3.46. The highest BCUT2D eigenvalue weighted by molar-refractivity contribution is 6.39. The van der Waals surface area contributed by atoms with Crippen LogP contribution >= 0.6 is 0 Å². The molecule has 0 bridgehead atoms. The molecule has 1 N–H and O–H groups in total. The van der Waals surface area contributed by atoms with Crippen LogP contribution in [0.5, 0.6) is 0 Å². The van der Waals surface area contributed by atoms with Crippen molar-refractivity contribution in [3.05, 3.63) is 53.6 Å². The summed E-state index contributed by atoms with van der Waals surface area (Å²) < 4.78 is 13.0. The van der Waals surface area contributed by atoms with Gasteiger partial charge in [0.2, 0.25) is 5.95 Å². The minimum absolute atomic E-state index is 0.261. The summed E-state index contributed by atoms with van der Waals surface area (Å²) in [6, 6.07) is 6.02. The van der Waals surface area contributed by atoms with Gasteiger partial charge in [0, 0.05) is 38.3 Å². The average molecular weight is 383 g/mol. The maximum Gasteiger partial charge on any atom is 0.269 e. The van der Waals surface area contributed by atoms with Crippen LogP contribution in [0.2, 0.25) is 0 Å². The number of aryl methyl sites for hydroxylation is 1. The summed E-state index contributed by atoms with van der Waals surface area (Å²) in [7, 11) is 0. The first kappa shape index (κ1) is 18.3. The number of anilines is 1. The van der Waals surface area contributed by atoms with E-state index in [4.69, 9.17) is 4.84 Å². The van der Waals surface area contributed by atoms with E-state index in [-0.39, 0.29) is 11.7 Å². The van der Waals surface area contributed by atoms with Crippen LogP contribution in [0.1, 0.15) is 30.9 Å². The zero-order valence-corrected chi connectivity index (χ0v) is 15.7.